The number of rotatable bonds is 6. The molecule has 0 saturated heterocycles. The van der Waals surface area contributed by atoms with Crippen molar-refractivity contribution in [3.63, 3.8) is 0 Å². The normalized spacial score (nSPS) is 11.3. The Bertz CT molecular complexity index is 4850. The van der Waals surface area contributed by atoms with E-state index in [0.717, 1.165) is 65.4 Å². The van der Waals surface area contributed by atoms with Crippen molar-refractivity contribution in [2.75, 3.05) is 0 Å². The minimum absolute atomic E-state index is 0.946. The van der Waals surface area contributed by atoms with E-state index in [1.807, 2.05) is 73.6 Å². The maximum atomic E-state index is 10.4. The van der Waals surface area contributed by atoms with Crippen LogP contribution < -0.4 is 0 Å². The van der Waals surface area contributed by atoms with Gasteiger partial charge in [0.05, 0.1) is 33.1 Å². The van der Waals surface area contributed by atoms with Crippen molar-refractivity contribution in [1.82, 2.24) is 29.9 Å². The first-order valence-corrected chi connectivity index (χ1v) is 39.6. The highest BCUT2D eigenvalue weighted by molar-refractivity contribution is 7.47. The smallest absolute Gasteiger partial charge is 0.299 e. The fourth-order valence-corrected chi connectivity index (χ4v) is 10.7. The summed E-state index contributed by atoms with van der Waals surface area (Å²) in [6, 6.07) is 88.0. The third kappa shape index (κ3) is 28.9. The first-order valence-electron chi connectivity index (χ1n) is 30.6. The van der Waals surface area contributed by atoms with Crippen LogP contribution in [0.15, 0.2) is 292 Å². The zero-order valence-corrected chi connectivity index (χ0v) is 60.5. The van der Waals surface area contributed by atoms with Gasteiger partial charge < -0.3 is 0 Å². The molecule has 6 aromatic heterocycles. The molecule has 0 spiro atoms. The van der Waals surface area contributed by atoms with Gasteiger partial charge >= 0.3 is 47.4 Å². The summed E-state index contributed by atoms with van der Waals surface area (Å²) in [5.41, 5.74) is 19.9. The van der Waals surface area contributed by atoms with Crippen LogP contribution in [0.1, 0.15) is 0 Å². The molecular weight excluding hydrogens is 1540 g/mol. The van der Waals surface area contributed by atoms with E-state index in [-0.39, 0.29) is 0 Å². The highest BCUT2D eigenvalue weighted by Crippen LogP contribution is 2.41. The largest absolute Gasteiger partial charge is 0.507 e. The summed E-state index contributed by atoms with van der Waals surface area (Å²) in [5, 5.41) is 6.77. The Hall–Kier alpha value is -10.1. The maximum Gasteiger partial charge on any atom is 0.507 e. The molecule has 0 fully saturated rings. The van der Waals surface area contributed by atoms with Crippen molar-refractivity contribution in [1.29, 1.82) is 0 Å². The molecule has 0 unspecified atom stereocenters. The highest BCUT2D eigenvalue weighted by Gasteiger charge is 2.17. The average molecular weight is 1600 g/mol. The fourth-order valence-electron chi connectivity index (χ4n) is 10.7. The van der Waals surface area contributed by atoms with Crippen molar-refractivity contribution in [3.8, 4) is 66.8 Å². The van der Waals surface area contributed by atoms with Gasteiger partial charge in [-0.2, -0.15) is 0 Å². The van der Waals surface area contributed by atoms with E-state index in [0.29, 0.717) is 0 Å². The molecule has 24 nitrogen and oxygen atoms in total. The van der Waals surface area contributed by atoms with E-state index in [1.165, 1.54) is 66.8 Å². The number of hydrogen-bond acceptors (Lipinski definition) is 12. The second kappa shape index (κ2) is 38.6. The van der Waals surface area contributed by atoms with Gasteiger partial charge in [0, 0.05) is 69.5 Å². The van der Waals surface area contributed by atoms with Crippen molar-refractivity contribution >= 4 is 113 Å². The highest BCUT2D eigenvalue weighted by atomic mass is 31.2. The molecule has 0 aliphatic carbocycles. The summed E-state index contributed by atoms with van der Waals surface area (Å²) in [5.74, 6) is 0. The molecule has 12 N–H and O–H groups in total. The molecular formula is C72H60F6N6O18P6. The van der Waals surface area contributed by atoms with Gasteiger partial charge in [-0.3, -0.25) is 88.6 Å². The Kier molecular flexibility index (Phi) is 30.5. The zero-order valence-electron chi connectivity index (χ0n) is 55.2. The molecule has 15 rings (SSSR count). The molecule has 0 aliphatic heterocycles. The lowest BCUT2D eigenvalue weighted by molar-refractivity contribution is 0.320. The van der Waals surface area contributed by atoms with Gasteiger partial charge in [0.1, 0.15) is 0 Å². The van der Waals surface area contributed by atoms with Crippen molar-refractivity contribution in [2.45, 2.75) is 0 Å². The van der Waals surface area contributed by atoms with Crippen LogP contribution in [0.3, 0.4) is 0 Å². The quantitative estimate of drug-likeness (QED) is 0.0418. The van der Waals surface area contributed by atoms with E-state index in [1.54, 1.807) is 0 Å². The van der Waals surface area contributed by atoms with E-state index in [4.69, 9.17) is 86.1 Å². The lowest BCUT2D eigenvalue weighted by Gasteiger charge is -2.11. The van der Waals surface area contributed by atoms with E-state index in [9.17, 15) is 25.2 Å². The zero-order chi connectivity index (χ0) is 79.0. The number of halogens is 6. The number of fused-ring (bicyclic) bond motifs is 9. The van der Waals surface area contributed by atoms with E-state index >= 15 is 0 Å². The van der Waals surface area contributed by atoms with Gasteiger partial charge in [-0.1, -0.05) is 218 Å². The Morgan fingerprint density at radius 1 is 0.176 bits per heavy atom. The average Bonchev–Trinajstić information content (AvgIpc) is 0.771. The van der Waals surface area contributed by atoms with E-state index in [2.05, 4.69) is 248 Å². The molecule has 9 aromatic carbocycles. The summed E-state index contributed by atoms with van der Waals surface area (Å²) in [4.78, 5) is 112. The molecule has 0 amide bonds. The standard InChI is InChI=1S/3C24H16N2.6FH2O3P/c3*1-3-7-17(8-4-1)19-13-15-25-23-21(19)11-12-22-20(14-16-26-24(22)23)18-9-5-2-6-10-18;6*1-5(2,3)4/h3*1-16H;6*(H2,2,3,4). The van der Waals surface area contributed by atoms with Crippen molar-refractivity contribution in [2.24, 2.45) is 0 Å². The number of aromatic nitrogens is 6. The summed E-state index contributed by atoms with van der Waals surface area (Å²) in [6.07, 6.45) is 11.3. The van der Waals surface area contributed by atoms with Gasteiger partial charge in [-0.05, 0) is 103 Å². The number of hydrogen-bond donors (Lipinski definition) is 12. The Morgan fingerprint density at radius 3 is 0.380 bits per heavy atom. The minimum Gasteiger partial charge on any atom is -0.299 e. The molecule has 0 atom stereocenters. The molecule has 0 radical (unpaired) electrons. The third-order valence-corrected chi connectivity index (χ3v) is 14.4. The SMILES string of the molecule is O=P(O)(O)F.O=P(O)(O)F.O=P(O)(O)F.O=P(O)(O)F.O=P(O)(O)F.O=P(O)(O)F.c1ccc(-c2ccnc3c2ccc2c(-c4ccccc4)ccnc23)cc1.c1ccc(-c2ccnc3c2ccc2c(-c4ccccc4)ccnc23)cc1.c1ccc(-c2ccnc3c2ccc2c(-c4ccccc4)ccnc23)cc1. The summed E-state index contributed by atoms with van der Waals surface area (Å²) < 4.78 is 114. The molecule has 6 heterocycles. The van der Waals surface area contributed by atoms with Crippen LogP contribution in [-0.4, -0.2) is 88.6 Å². The number of nitrogens with zero attached hydrogens (tertiary/aromatic N) is 6. The maximum absolute atomic E-state index is 10.4. The lowest BCUT2D eigenvalue weighted by atomic mass is 9.97. The predicted octanol–water partition coefficient (Wildman–Crippen LogP) is 18.6. The number of benzene rings is 9. The van der Waals surface area contributed by atoms with Gasteiger partial charge in [0.15, 0.2) is 0 Å². The van der Waals surface area contributed by atoms with Crippen LogP contribution >= 0.6 is 47.4 Å². The van der Waals surface area contributed by atoms with Crippen LogP contribution in [0.4, 0.5) is 25.2 Å². The molecule has 108 heavy (non-hydrogen) atoms. The Labute approximate surface area is 609 Å². The van der Waals surface area contributed by atoms with Gasteiger partial charge in [0.2, 0.25) is 0 Å². The summed E-state index contributed by atoms with van der Waals surface area (Å²) in [6.45, 7) is 0. The monoisotopic (exact) mass is 1600 g/mol. The van der Waals surface area contributed by atoms with Crippen LogP contribution in [-0.2, 0) is 27.4 Å². The van der Waals surface area contributed by atoms with Crippen molar-refractivity contribution in [3.05, 3.63) is 292 Å². The van der Waals surface area contributed by atoms with E-state index < -0.39 is 47.4 Å². The molecule has 0 saturated carbocycles. The fraction of sp³-hybridized carbons (Fsp3) is 0. The minimum atomic E-state index is -5.14. The van der Waals surface area contributed by atoms with Crippen LogP contribution in [0.2, 0.25) is 0 Å². The molecule has 36 heteroatoms. The topological polar surface area (TPSA) is 423 Å². The van der Waals surface area contributed by atoms with Crippen LogP contribution in [0.5, 0.6) is 0 Å². The lowest BCUT2D eigenvalue weighted by Crippen LogP contribution is -1.90. The van der Waals surface area contributed by atoms with Crippen LogP contribution in [0.25, 0.3) is 132 Å². The first-order chi connectivity index (χ1) is 50.7. The molecule has 558 valence electrons. The van der Waals surface area contributed by atoms with Crippen molar-refractivity contribution < 1.29 is 111 Å². The second-order valence-corrected chi connectivity index (χ2v) is 27.4. The Morgan fingerprint density at radius 2 is 0.278 bits per heavy atom. The number of pyridine rings is 6. The van der Waals surface area contributed by atoms with Crippen LogP contribution in [0, 0.1) is 0 Å². The third-order valence-electron chi connectivity index (χ3n) is 14.4. The molecule has 15 aromatic rings. The Balaban J connectivity index is 0.000000190. The second-order valence-electron chi connectivity index (χ2n) is 21.8. The first kappa shape index (κ1) is 85.2. The summed E-state index contributed by atoms with van der Waals surface area (Å²) in [7, 11) is -30.8. The molecule has 0 aliphatic rings. The molecule has 0 bridgehead atoms. The van der Waals surface area contributed by atoms with Gasteiger partial charge in [0.25, 0.3) is 0 Å². The van der Waals surface area contributed by atoms with Gasteiger partial charge in [-0.15, -0.1) is 25.2 Å². The predicted molar refractivity (Wildman–Crippen MR) is 403 cm³/mol. The van der Waals surface area contributed by atoms with Gasteiger partial charge in [-0.25, -0.2) is 27.4 Å². The summed E-state index contributed by atoms with van der Waals surface area (Å²) >= 11 is 0.